The van der Waals surface area contributed by atoms with E-state index in [1.165, 1.54) is 102 Å². The third kappa shape index (κ3) is 17.1. The van der Waals surface area contributed by atoms with E-state index < -0.39 is 0 Å². The molecule has 4 N–H and O–H groups in total. The van der Waals surface area contributed by atoms with Gasteiger partial charge in [0.15, 0.2) is 11.5 Å². The number of nitrogens with one attached hydrogen (secondary N) is 2. The van der Waals surface area contributed by atoms with E-state index in [0.717, 1.165) is 12.8 Å². The molecule has 0 aliphatic carbocycles. The Morgan fingerprint density at radius 2 is 1.18 bits per heavy atom. The van der Waals surface area contributed by atoms with E-state index in [2.05, 4.69) is 17.6 Å². The summed E-state index contributed by atoms with van der Waals surface area (Å²) in [6.45, 7) is 3.62. The van der Waals surface area contributed by atoms with Gasteiger partial charge < -0.3 is 25.6 Å². The fourth-order valence-corrected chi connectivity index (χ4v) is 3.86. The van der Waals surface area contributed by atoms with Gasteiger partial charge in [0, 0.05) is 12.6 Å². The number of amides is 2. The number of carbonyl (C=O) groups excluding carboxylic acids is 1. The molecule has 6 heteroatoms. The maximum atomic E-state index is 11.8. The van der Waals surface area contributed by atoms with Gasteiger partial charge in [0.1, 0.15) is 12.4 Å². The Bertz CT molecular complexity index is 610. The van der Waals surface area contributed by atoms with Crippen molar-refractivity contribution in [3.63, 3.8) is 0 Å². The van der Waals surface area contributed by atoms with Crippen LogP contribution in [0.5, 0.6) is 17.2 Å². The number of hydrogen-bond acceptors (Lipinski definition) is 4. The van der Waals surface area contributed by atoms with Crippen LogP contribution in [0.3, 0.4) is 0 Å². The molecule has 0 aliphatic rings. The summed E-state index contributed by atoms with van der Waals surface area (Å²) in [5.41, 5.74) is 0. The topological polar surface area (TPSA) is 90.8 Å². The molecule has 190 valence electrons. The summed E-state index contributed by atoms with van der Waals surface area (Å²) in [6, 6.07) is 4.08. The average molecular weight is 465 g/mol. The predicted octanol–water partition coefficient (Wildman–Crippen LogP) is 7.04. The molecule has 33 heavy (non-hydrogen) atoms. The Hall–Kier alpha value is -2.11. The first-order valence-electron chi connectivity index (χ1n) is 13.3. The molecule has 0 heterocycles. The first-order chi connectivity index (χ1) is 16.1. The van der Waals surface area contributed by atoms with Crippen molar-refractivity contribution in [2.75, 3.05) is 19.7 Å². The van der Waals surface area contributed by atoms with E-state index in [0.29, 0.717) is 18.8 Å². The van der Waals surface area contributed by atoms with E-state index in [1.54, 1.807) is 6.07 Å². The number of aromatic hydroxyl groups is 2. The largest absolute Gasteiger partial charge is 0.504 e. The molecule has 0 radical (unpaired) electrons. The quantitative estimate of drug-likeness (QED) is 0.116. The molecule has 0 aliphatic heterocycles. The highest BCUT2D eigenvalue weighted by Gasteiger charge is 2.03. The lowest BCUT2D eigenvalue weighted by molar-refractivity contribution is 0.236. The number of ether oxygens (including phenoxy) is 1. The van der Waals surface area contributed by atoms with Crippen molar-refractivity contribution >= 4 is 6.03 Å². The van der Waals surface area contributed by atoms with Gasteiger partial charge in [-0.25, -0.2) is 4.79 Å². The highest BCUT2D eigenvalue weighted by molar-refractivity contribution is 5.73. The lowest BCUT2D eigenvalue weighted by Crippen LogP contribution is -2.38. The summed E-state index contributed by atoms with van der Waals surface area (Å²) in [7, 11) is 0. The van der Waals surface area contributed by atoms with Gasteiger partial charge in [-0.15, -0.1) is 0 Å². The van der Waals surface area contributed by atoms with E-state index in [4.69, 9.17) is 4.74 Å². The van der Waals surface area contributed by atoms with Crippen LogP contribution in [-0.4, -0.2) is 35.9 Å². The molecular weight excluding hydrogens is 416 g/mol. The molecule has 0 bridgehead atoms. The second-order valence-electron chi connectivity index (χ2n) is 8.98. The normalized spacial score (nSPS) is 10.8. The van der Waals surface area contributed by atoms with Gasteiger partial charge in [-0.05, 0) is 18.6 Å². The second-order valence-corrected chi connectivity index (χ2v) is 8.98. The highest BCUT2D eigenvalue weighted by atomic mass is 16.5. The van der Waals surface area contributed by atoms with Crippen LogP contribution in [0.4, 0.5) is 4.79 Å². The number of urea groups is 1. The molecule has 6 nitrogen and oxygen atoms in total. The van der Waals surface area contributed by atoms with Crippen LogP contribution in [0.2, 0.25) is 0 Å². The fourth-order valence-electron chi connectivity index (χ4n) is 3.86. The first kappa shape index (κ1) is 28.9. The number of phenols is 2. The van der Waals surface area contributed by atoms with Crippen LogP contribution in [-0.2, 0) is 0 Å². The van der Waals surface area contributed by atoms with Crippen molar-refractivity contribution in [3.05, 3.63) is 18.2 Å². The van der Waals surface area contributed by atoms with Gasteiger partial charge in [0.2, 0.25) is 0 Å². The maximum absolute atomic E-state index is 11.8. The maximum Gasteiger partial charge on any atom is 0.314 e. The van der Waals surface area contributed by atoms with Crippen molar-refractivity contribution < 1.29 is 19.7 Å². The van der Waals surface area contributed by atoms with E-state index in [1.807, 2.05) is 0 Å². The fraction of sp³-hybridized carbons (Fsp3) is 0.741. The molecule has 0 aromatic heterocycles. The molecule has 0 saturated carbocycles. The van der Waals surface area contributed by atoms with Crippen LogP contribution >= 0.6 is 0 Å². The number of hydrogen-bond donors (Lipinski definition) is 4. The van der Waals surface area contributed by atoms with Crippen LogP contribution < -0.4 is 15.4 Å². The van der Waals surface area contributed by atoms with Crippen molar-refractivity contribution in [2.24, 2.45) is 0 Å². The minimum atomic E-state index is -0.225. The van der Waals surface area contributed by atoms with Gasteiger partial charge >= 0.3 is 6.03 Å². The van der Waals surface area contributed by atoms with Crippen LogP contribution in [0, 0.1) is 0 Å². The van der Waals surface area contributed by atoms with Crippen molar-refractivity contribution in [1.82, 2.24) is 10.6 Å². The molecule has 1 aromatic rings. The molecule has 0 atom stereocenters. The molecule has 0 fully saturated rings. The Balaban J connectivity index is 1.79. The third-order valence-corrected chi connectivity index (χ3v) is 5.92. The lowest BCUT2D eigenvalue weighted by atomic mass is 10.0. The van der Waals surface area contributed by atoms with E-state index in [9.17, 15) is 15.0 Å². The Morgan fingerprint density at radius 3 is 1.70 bits per heavy atom. The second kappa shape index (κ2) is 20.5. The molecule has 0 saturated heterocycles. The molecule has 2 amide bonds. The minimum absolute atomic E-state index is 0.186. The molecular formula is C27H48N2O4. The molecule has 0 spiro atoms. The summed E-state index contributed by atoms with van der Waals surface area (Å²) >= 11 is 0. The Labute approximate surface area is 201 Å². The molecule has 1 aromatic carbocycles. The van der Waals surface area contributed by atoms with Crippen molar-refractivity contribution in [2.45, 2.75) is 110 Å². The Kier molecular flexibility index (Phi) is 18.0. The van der Waals surface area contributed by atoms with Gasteiger partial charge in [-0.2, -0.15) is 0 Å². The third-order valence-electron chi connectivity index (χ3n) is 5.92. The van der Waals surface area contributed by atoms with E-state index >= 15 is 0 Å². The SMILES string of the molecule is CCCCCCCCCCCCCCCCCCNC(=O)NCCOc1ccc(O)c(O)c1. The van der Waals surface area contributed by atoms with Gasteiger partial charge in [0.25, 0.3) is 0 Å². The summed E-state index contributed by atoms with van der Waals surface area (Å²) in [4.78, 5) is 11.8. The average Bonchev–Trinajstić information content (AvgIpc) is 2.81. The van der Waals surface area contributed by atoms with Crippen LogP contribution in [0.15, 0.2) is 18.2 Å². The van der Waals surface area contributed by atoms with Crippen LogP contribution in [0.25, 0.3) is 0 Å². The number of carbonyl (C=O) groups is 1. The monoisotopic (exact) mass is 464 g/mol. The van der Waals surface area contributed by atoms with Gasteiger partial charge in [-0.1, -0.05) is 103 Å². The number of unbranched alkanes of at least 4 members (excludes halogenated alkanes) is 15. The standard InChI is InChI=1S/C27H48N2O4/c1-2-3-4-5-6-7-8-9-10-11-12-13-14-15-16-17-20-28-27(32)29-21-22-33-24-18-19-25(30)26(31)23-24/h18-19,23,30-31H,2-17,20-22H2,1H3,(H2,28,29,32). The zero-order chi connectivity index (χ0) is 24.0. The van der Waals surface area contributed by atoms with Crippen molar-refractivity contribution in [1.29, 1.82) is 0 Å². The molecule has 0 unspecified atom stereocenters. The Morgan fingerprint density at radius 1 is 0.697 bits per heavy atom. The van der Waals surface area contributed by atoms with E-state index in [-0.39, 0.29) is 24.1 Å². The zero-order valence-corrected chi connectivity index (χ0v) is 20.9. The summed E-state index contributed by atoms with van der Waals surface area (Å²) in [6.07, 6.45) is 21.5. The zero-order valence-electron chi connectivity index (χ0n) is 20.9. The highest BCUT2D eigenvalue weighted by Crippen LogP contribution is 2.28. The summed E-state index contributed by atoms with van der Waals surface area (Å²) in [5.74, 6) is 0.0339. The van der Waals surface area contributed by atoms with Gasteiger partial charge in [-0.3, -0.25) is 0 Å². The predicted molar refractivity (Wildman–Crippen MR) is 136 cm³/mol. The van der Waals surface area contributed by atoms with Crippen LogP contribution in [0.1, 0.15) is 110 Å². The van der Waals surface area contributed by atoms with Crippen molar-refractivity contribution in [3.8, 4) is 17.2 Å². The summed E-state index contributed by atoms with van der Waals surface area (Å²) < 4.78 is 5.42. The number of phenolic OH excluding ortho intramolecular Hbond substituents is 2. The van der Waals surface area contributed by atoms with Gasteiger partial charge in [0.05, 0.1) is 6.54 Å². The first-order valence-corrected chi connectivity index (χ1v) is 13.3. The lowest BCUT2D eigenvalue weighted by Gasteiger charge is -2.09. The summed E-state index contributed by atoms with van der Waals surface area (Å²) in [5, 5.41) is 24.3. The smallest absolute Gasteiger partial charge is 0.314 e. The number of benzene rings is 1. The number of rotatable bonds is 21. The molecule has 1 rings (SSSR count). The minimum Gasteiger partial charge on any atom is -0.504 e.